The fourth-order valence-corrected chi connectivity index (χ4v) is 3.82. The predicted octanol–water partition coefficient (Wildman–Crippen LogP) is 1.92. The van der Waals surface area contributed by atoms with Gasteiger partial charge in [-0.15, -0.1) is 10.2 Å². The molecule has 0 radical (unpaired) electrons. The van der Waals surface area contributed by atoms with E-state index in [4.69, 9.17) is 0 Å². The van der Waals surface area contributed by atoms with Gasteiger partial charge >= 0.3 is 0 Å². The number of amides is 1. The average Bonchev–Trinajstić information content (AvgIpc) is 2.76. The molecule has 6 nitrogen and oxygen atoms in total. The Kier molecular flexibility index (Phi) is 5.30. The molecular weight excluding hydrogens is 290 g/mol. The third-order valence-electron chi connectivity index (χ3n) is 5.37. The van der Waals surface area contributed by atoms with Crippen LogP contribution >= 0.6 is 0 Å². The summed E-state index contributed by atoms with van der Waals surface area (Å²) in [6, 6.07) is 0. The smallest absolute Gasteiger partial charge is 0.219 e. The van der Waals surface area contributed by atoms with Crippen molar-refractivity contribution >= 4 is 5.91 Å². The van der Waals surface area contributed by atoms with Crippen LogP contribution in [0.4, 0.5) is 0 Å². The van der Waals surface area contributed by atoms with Gasteiger partial charge in [0.1, 0.15) is 11.6 Å². The zero-order valence-corrected chi connectivity index (χ0v) is 14.5. The second-order valence-electron chi connectivity index (χ2n) is 7.00. The first-order chi connectivity index (χ1) is 11.1. The minimum Gasteiger partial charge on any atom is -0.343 e. The molecule has 1 aromatic rings. The van der Waals surface area contributed by atoms with Gasteiger partial charge in [-0.05, 0) is 38.8 Å². The molecule has 23 heavy (non-hydrogen) atoms. The molecule has 2 aliphatic heterocycles. The summed E-state index contributed by atoms with van der Waals surface area (Å²) < 4.78 is 2.19. The number of hydrogen-bond donors (Lipinski definition) is 0. The second-order valence-corrected chi connectivity index (χ2v) is 7.00. The average molecular weight is 319 g/mol. The number of nitrogens with zero attached hydrogens (tertiary/aromatic N) is 5. The number of hydrogen-bond acceptors (Lipinski definition) is 4. The zero-order valence-electron chi connectivity index (χ0n) is 14.5. The van der Waals surface area contributed by atoms with Crippen LogP contribution in [0.2, 0.25) is 0 Å². The van der Waals surface area contributed by atoms with Crippen LogP contribution in [-0.4, -0.2) is 56.7 Å². The molecule has 2 fully saturated rings. The van der Waals surface area contributed by atoms with E-state index in [2.05, 4.69) is 26.7 Å². The van der Waals surface area contributed by atoms with Gasteiger partial charge in [-0.2, -0.15) is 0 Å². The maximum atomic E-state index is 11.4. The van der Waals surface area contributed by atoms with Crippen molar-refractivity contribution in [2.24, 2.45) is 7.05 Å². The Morgan fingerprint density at radius 1 is 1.04 bits per heavy atom. The summed E-state index contributed by atoms with van der Waals surface area (Å²) in [6.07, 6.45) is 7.30. The van der Waals surface area contributed by atoms with E-state index in [1.54, 1.807) is 6.92 Å². The summed E-state index contributed by atoms with van der Waals surface area (Å²) in [5, 5.41) is 8.94. The third-order valence-corrected chi connectivity index (χ3v) is 5.37. The lowest BCUT2D eigenvalue weighted by atomic mass is 9.96. The van der Waals surface area contributed by atoms with E-state index >= 15 is 0 Å². The van der Waals surface area contributed by atoms with Crippen molar-refractivity contribution in [3.63, 3.8) is 0 Å². The number of piperidine rings is 1. The van der Waals surface area contributed by atoms with Crippen molar-refractivity contribution in [3.05, 3.63) is 11.6 Å². The molecule has 0 spiro atoms. The van der Waals surface area contributed by atoms with Crippen LogP contribution < -0.4 is 0 Å². The predicted molar refractivity (Wildman–Crippen MR) is 89.0 cm³/mol. The number of likely N-dealkylation sites (tertiary alicyclic amines) is 2. The number of rotatable bonds is 3. The summed E-state index contributed by atoms with van der Waals surface area (Å²) in [6.45, 7) is 6.61. The molecule has 2 saturated heterocycles. The monoisotopic (exact) mass is 319 g/mol. The van der Waals surface area contributed by atoms with Crippen LogP contribution in [0.3, 0.4) is 0 Å². The highest BCUT2D eigenvalue weighted by Gasteiger charge is 2.26. The Hall–Kier alpha value is -1.43. The van der Waals surface area contributed by atoms with Gasteiger partial charge in [-0.1, -0.05) is 12.8 Å². The minimum atomic E-state index is 0.184. The second kappa shape index (κ2) is 7.43. The summed E-state index contributed by atoms with van der Waals surface area (Å²) >= 11 is 0. The SMILES string of the molecule is CC(=O)N1CCC(c2nnc(CN3CCCCCC3)n2C)CC1. The lowest BCUT2D eigenvalue weighted by molar-refractivity contribution is -0.129. The van der Waals surface area contributed by atoms with Gasteiger partial charge < -0.3 is 9.47 Å². The Morgan fingerprint density at radius 2 is 1.70 bits per heavy atom. The van der Waals surface area contributed by atoms with E-state index < -0.39 is 0 Å². The topological polar surface area (TPSA) is 54.3 Å². The molecule has 0 aliphatic carbocycles. The number of aromatic nitrogens is 3. The highest BCUT2D eigenvalue weighted by atomic mass is 16.2. The van der Waals surface area contributed by atoms with Crippen LogP contribution in [0.1, 0.15) is 63.0 Å². The summed E-state index contributed by atoms with van der Waals surface area (Å²) in [7, 11) is 2.10. The van der Waals surface area contributed by atoms with Crippen LogP contribution in [0.5, 0.6) is 0 Å². The van der Waals surface area contributed by atoms with Crippen LogP contribution in [0.25, 0.3) is 0 Å². The summed E-state index contributed by atoms with van der Waals surface area (Å²) in [5.41, 5.74) is 0. The minimum absolute atomic E-state index is 0.184. The fraction of sp³-hybridized carbons (Fsp3) is 0.824. The zero-order chi connectivity index (χ0) is 16.2. The van der Waals surface area contributed by atoms with Gasteiger partial charge in [0.2, 0.25) is 5.91 Å². The van der Waals surface area contributed by atoms with Crippen molar-refractivity contribution in [2.75, 3.05) is 26.2 Å². The third kappa shape index (κ3) is 3.91. The lowest BCUT2D eigenvalue weighted by Gasteiger charge is -2.30. The summed E-state index contributed by atoms with van der Waals surface area (Å²) in [4.78, 5) is 15.9. The molecule has 0 atom stereocenters. The lowest BCUT2D eigenvalue weighted by Crippen LogP contribution is -2.36. The fourth-order valence-electron chi connectivity index (χ4n) is 3.82. The van der Waals surface area contributed by atoms with Gasteiger partial charge in [0.05, 0.1) is 6.54 Å². The Balaban J connectivity index is 1.61. The first kappa shape index (κ1) is 16.4. The van der Waals surface area contributed by atoms with Gasteiger partial charge in [0, 0.05) is 33.0 Å². The maximum absolute atomic E-state index is 11.4. The standard InChI is InChI=1S/C17H29N5O/c1-14(23)22-11-7-15(8-12-22)17-19-18-16(20(17)2)13-21-9-5-3-4-6-10-21/h15H,3-13H2,1-2H3. The quantitative estimate of drug-likeness (QED) is 0.854. The van der Waals surface area contributed by atoms with E-state index in [-0.39, 0.29) is 5.91 Å². The number of carbonyl (C=O) groups is 1. The first-order valence-electron chi connectivity index (χ1n) is 9.01. The molecule has 0 aromatic carbocycles. The molecule has 128 valence electrons. The molecule has 0 N–H and O–H groups in total. The van der Waals surface area contributed by atoms with Crippen LogP contribution in [0, 0.1) is 0 Å². The van der Waals surface area contributed by atoms with Crippen molar-refractivity contribution < 1.29 is 4.79 Å². The van der Waals surface area contributed by atoms with E-state index in [0.717, 1.165) is 44.1 Å². The molecule has 2 aliphatic rings. The first-order valence-corrected chi connectivity index (χ1v) is 9.01. The number of carbonyl (C=O) groups excluding carboxylic acids is 1. The van der Waals surface area contributed by atoms with E-state index in [1.165, 1.54) is 38.8 Å². The van der Waals surface area contributed by atoms with Crippen molar-refractivity contribution in [1.82, 2.24) is 24.6 Å². The molecule has 0 saturated carbocycles. The van der Waals surface area contributed by atoms with Crippen LogP contribution in [-0.2, 0) is 18.4 Å². The Bertz CT molecular complexity index is 525. The largest absolute Gasteiger partial charge is 0.343 e. The highest BCUT2D eigenvalue weighted by molar-refractivity contribution is 5.73. The Morgan fingerprint density at radius 3 is 2.30 bits per heavy atom. The summed E-state index contributed by atoms with van der Waals surface area (Å²) in [5.74, 6) is 2.79. The maximum Gasteiger partial charge on any atom is 0.219 e. The molecule has 1 amide bonds. The van der Waals surface area contributed by atoms with Crippen molar-refractivity contribution in [2.45, 2.75) is 57.9 Å². The normalized spacial score (nSPS) is 21.4. The van der Waals surface area contributed by atoms with E-state index in [1.807, 2.05) is 4.90 Å². The molecule has 3 heterocycles. The van der Waals surface area contributed by atoms with Gasteiger partial charge in [-0.25, -0.2) is 0 Å². The van der Waals surface area contributed by atoms with Gasteiger partial charge in [0.15, 0.2) is 0 Å². The molecule has 6 heteroatoms. The van der Waals surface area contributed by atoms with E-state index in [0.29, 0.717) is 5.92 Å². The van der Waals surface area contributed by atoms with Gasteiger partial charge in [-0.3, -0.25) is 9.69 Å². The molecule has 0 unspecified atom stereocenters. The molecule has 3 rings (SSSR count). The van der Waals surface area contributed by atoms with Gasteiger partial charge in [0.25, 0.3) is 0 Å². The van der Waals surface area contributed by atoms with Crippen LogP contribution in [0.15, 0.2) is 0 Å². The highest BCUT2D eigenvalue weighted by Crippen LogP contribution is 2.27. The van der Waals surface area contributed by atoms with Crippen molar-refractivity contribution in [1.29, 1.82) is 0 Å². The molecule has 0 bridgehead atoms. The van der Waals surface area contributed by atoms with E-state index in [9.17, 15) is 4.79 Å². The molecule has 1 aromatic heterocycles. The Labute approximate surface area is 138 Å². The van der Waals surface area contributed by atoms with Crippen molar-refractivity contribution in [3.8, 4) is 0 Å². The molecular formula is C17H29N5O.